The van der Waals surface area contributed by atoms with E-state index >= 15 is 0 Å². The van der Waals surface area contributed by atoms with Crippen molar-refractivity contribution >= 4 is 50.3 Å². The van der Waals surface area contributed by atoms with Gasteiger partial charge in [0.1, 0.15) is 0 Å². The Balaban J connectivity index is 2.17. The molecule has 0 saturated carbocycles. The molecule has 0 spiro atoms. The SMILES string of the molecule is Cc1cc(C)c(NC(=O)CNc2cc(Cl)cc(S(C)(=O)=O)c2Cl)c(C)c1. The van der Waals surface area contributed by atoms with E-state index in [-0.39, 0.29) is 33.1 Å². The third kappa shape index (κ3) is 4.90. The molecule has 1 amide bonds. The van der Waals surface area contributed by atoms with Crippen molar-refractivity contribution < 1.29 is 13.2 Å². The zero-order chi connectivity index (χ0) is 19.6. The fourth-order valence-corrected chi connectivity index (χ4v) is 4.35. The molecule has 0 fully saturated rings. The van der Waals surface area contributed by atoms with Crippen molar-refractivity contribution in [2.45, 2.75) is 25.7 Å². The Morgan fingerprint density at radius 3 is 2.15 bits per heavy atom. The van der Waals surface area contributed by atoms with Crippen LogP contribution in [0.5, 0.6) is 0 Å². The Kier molecular flexibility index (Phi) is 6.21. The minimum absolute atomic E-state index is 0.00685. The number of benzene rings is 2. The van der Waals surface area contributed by atoms with Gasteiger partial charge < -0.3 is 10.6 Å². The van der Waals surface area contributed by atoms with Gasteiger partial charge >= 0.3 is 0 Å². The van der Waals surface area contributed by atoms with Crippen LogP contribution in [0.3, 0.4) is 0 Å². The quantitative estimate of drug-likeness (QED) is 0.761. The lowest BCUT2D eigenvalue weighted by molar-refractivity contribution is -0.114. The van der Waals surface area contributed by atoms with E-state index in [1.54, 1.807) is 0 Å². The molecular weight excluding hydrogens is 395 g/mol. The highest BCUT2D eigenvalue weighted by Gasteiger charge is 2.17. The molecule has 26 heavy (non-hydrogen) atoms. The molecule has 0 radical (unpaired) electrons. The summed E-state index contributed by atoms with van der Waals surface area (Å²) in [4.78, 5) is 12.2. The average Bonchev–Trinajstić information content (AvgIpc) is 2.50. The Hall–Kier alpha value is -1.76. The van der Waals surface area contributed by atoms with Gasteiger partial charge in [-0.15, -0.1) is 0 Å². The summed E-state index contributed by atoms with van der Waals surface area (Å²) in [5, 5.41) is 5.92. The van der Waals surface area contributed by atoms with Gasteiger partial charge in [-0.1, -0.05) is 40.9 Å². The molecule has 0 heterocycles. The molecule has 0 atom stereocenters. The lowest BCUT2D eigenvalue weighted by atomic mass is 10.1. The predicted molar refractivity (Wildman–Crippen MR) is 107 cm³/mol. The molecule has 2 rings (SSSR count). The molecule has 2 N–H and O–H groups in total. The number of hydrogen-bond donors (Lipinski definition) is 2. The zero-order valence-electron chi connectivity index (χ0n) is 14.9. The molecule has 0 unspecified atom stereocenters. The molecular formula is C18H20Cl2N2O3S. The van der Waals surface area contributed by atoms with E-state index < -0.39 is 9.84 Å². The van der Waals surface area contributed by atoms with Crippen molar-refractivity contribution in [2.24, 2.45) is 0 Å². The standard InChI is InChI=1S/C18H20Cl2N2O3S/c1-10-5-11(2)18(12(3)6-10)22-16(23)9-21-14-7-13(19)8-15(17(14)20)26(4,24)25/h5-8,21H,9H2,1-4H3,(H,22,23). The molecule has 5 nitrogen and oxygen atoms in total. The van der Waals surface area contributed by atoms with Crippen LogP contribution < -0.4 is 10.6 Å². The Labute approximate surface area is 163 Å². The van der Waals surface area contributed by atoms with Crippen molar-refractivity contribution in [3.8, 4) is 0 Å². The number of hydrogen-bond acceptors (Lipinski definition) is 4. The molecule has 140 valence electrons. The Bertz CT molecular complexity index is 950. The van der Waals surface area contributed by atoms with E-state index in [0.717, 1.165) is 28.6 Å². The van der Waals surface area contributed by atoms with Crippen LogP contribution in [-0.2, 0) is 14.6 Å². The molecule has 0 aliphatic heterocycles. The molecule has 0 aliphatic carbocycles. The highest BCUT2D eigenvalue weighted by Crippen LogP contribution is 2.33. The number of nitrogens with one attached hydrogen (secondary N) is 2. The third-order valence-electron chi connectivity index (χ3n) is 3.78. The summed E-state index contributed by atoms with van der Waals surface area (Å²) >= 11 is 12.1. The number of carbonyl (C=O) groups excluding carboxylic acids is 1. The second-order valence-corrected chi connectivity index (χ2v) is 9.01. The summed E-state index contributed by atoms with van der Waals surface area (Å²) in [5.74, 6) is -0.281. The highest BCUT2D eigenvalue weighted by atomic mass is 35.5. The first-order valence-electron chi connectivity index (χ1n) is 7.79. The van der Waals surface area contributed by atoms with Crippen LogP contribution in [0.4, 0.5) is 11.4 Å². The van der Waals surface area contributed by atoms with E-state index in [2.05, 4.69) is 10.6 Å². The second-order valence-electron chi connectivity index (χ2n) is 6.21. The van der Waals surface area contributed by atoms with Gasteiger partial charge in [0.25, 0.3) is 0 Å². The Morgan fingerprint density at radius 2 is 1.62 bits per heavy atom. The van der Waals surface area contributed by atoms with E-state index in [4.69, 9.17) is 23.2 Å². The minimum Gasteiger partial charge on any atom is -0.375 e. The van der Waals surface area contributed by atoms with Crippen LogP contribution >= 0.6 is 23.2 Å². The first-order chi connectivity index (χ1) is 12.0. The number of carbonyl (C=O) groups is 1. The molecule has 0 bridgehead atoms. The number of halogens is 2. The molecule has 8 heteroatoms. The van der Waals surface area contributed by atoms with Crippen molar-refractivity contribution in [3.05, 3.63) is 51.0 Å². The first kappa shape index (κ1) is 20.6. The van der Waals surface area contributed by atoms with Crippen LogP contribution in [0.2, 0.25) is 10.0 Å². The average molecular weight is 415 g/mol. The number of aryl methyl sites for hydroxylation is 3. The van der Waals surface area contributed by atoms with Gasteiger partial charge in [0, 0.05) is 17.0 Å². The number of amides is 1. The van der Waals surface area contributed by atoms with Crippen molar-refractivity contribution in [1.82, 2.24) is 0 Å². The maximum atomic E-state index is 12.3. The maximum absolute atomic E-state index is 12.3. The normalized spacial score (nSPS) is 11.3. The number of rotatable bonds is 5. The summed E-state index contributed by atoms with van der Waals surface area (Å²) in [5.41, 5.74) is 4.10. The molecule has 0 aromatic heterocycles. The minimum atomic E-state index is -3.54. The summed E-state index contributed by atoms with van der Waals surface area (Å²) in [7, 11) is -3.54. The highest BCUT2D eigenvalue weighted by molar-refractivity contribution is 7.90. The van der Waals surface area contributed by atoms with Gasteiger partial charge in [0.2, 0.25) is 5.91 Å². The molecule has 2 aromatic carbocycles. The van der Waals surface area contributed by atoms with Crippen LogP contribution in [0.1, 0.15) is 16.7 Å². The molecule has 0 saturated heterocycles. The van der Waals surface area contributed by atoms with Gasteiger partial charge in [-0.3, -0.25) is 4.79 Å². The zero-order valence-corrected chi connectivity index (χ0v) is 17.2. The maximum Gasteiger partial charge on any atom is 0.243 e. The molecule has 2 aromatic rings. The van der Waals surface area contributed by atoms with Crippen molar-refractivity contribution in [2.75, 3.05) is 23.4 Å². The van der Waals surface area contributed by atoms with Gasteiger partial charge in [0.15, 0.2) is 9.84 Å². The predicted octanol–water partition coefficient (Wildman–Crippen LogP) is 4.37. The van der Waals surface area contributed by atoms with Crippen LogP contribution in [-0.4, -0.2) is 27.1 Å². The lowest BCUT2D eigenvalue weighted by Gasteiger charge is -2.15. The first-order valence-corrected chi connectivity index (χ1v) is 10.4. The largest absolute Gasteiger partial charge is 0.375 e. The Morgan fingerprint density at radius 1 is 1.04 bits per heavy atom. The number of anilines is 2. The van der Waals surface area contributed by atoms with Crippen molar-refractivity contribution in [3.63, 3.8) is 0 Å². The number of sulfone groups is 1. The monoisotopic (exact) mass is 414 g/mol. The fourth-order valence-electron chi connectivity index (χ4n) is 2.70. The van der Waals surface area contributed by atoms with Crippen LogP contribution in [0.25, 0.3) is 0 Å². The topological polar surface area (TPSA) is 75.3 Å². The second kappa shape index (κ2) is 7.86. The third-order valence-corrected chi connectivity index (χ3v) is 5.64. The smallest absolute Gasteiger partial charge is 0.243 e. The van der Waals surface area contributed by atoms with E-state index in [1.807, 2.05) is 32.9 Å². The van der Waals surface area contributed by atoms with Gasteiger partial charge in [-0.25, -0.2) is 8.42 Å². The van der Waals surface area contributed by atoms with E-state index in [1.165, 1.54) is 12.1 Å². The molecule has 0 aliphatic rings. The summed E-state index contributed by atoms with van der Waals surface area (Å²) in [6.07, 6.45) is 1.05. The lowest BCUT2D eigenvalue weighted by Crippen LogP contribution is -2.23. The van der Waals surface area contributed by atoms with Gasteiger partial charge in [-0.2, -0.15) is 0 Å². The van der Waals surface area contributed by atoms with Crippen LogP contribution in [0, 0.1) is 20.8 Å². The van der Waals surface area contributed by atoms with Gasteiger partial charge in [-0.05, 0) is 44.0 Å². The van der Waals surface area contributed by atoms with E-state index in [9.17, 15) is 13.2 Å². The summed E-state index contributed by atoms with van der Waals surface area (Å²) in [6.45, 7) is 5.76. The summed E-state index contributed by atoms with van der Waals surface area (Å²) < 4.78 is 23.6. The van der Waals surface area contributed by atoms with Gasteiger partial charge in [0.05, 0.1) is 22.2 Å². The summed E-state index contributed by atoms with van der Waals surface area (Å²) in [6, 6.07) is 6.74. The fraction of sp³-hybridized carbons (Fsp3) is 0.278. The van der Waals surface area contributed by atoms with Crippen LogP contribution in [0.15, 0.2) is 29.2 Å². The van der Waals surface area contributed by atoms with E-state index in [0.29, 0.717) is 0 Å². The van der Waals surface area contributed by atoms with Crippen molar-refractivity contribution in [1.29, 1.82) is 0 Å².